The number of aliphatic carboxylic acids is 1. The highest BCUT2D eigenvalue weighted by atomic mass is 35.5. The summed E-state index contributed by atoms with van der Waals surface area (Å²) in [7, 11) is 0. The second-order valence-corrected chi connectivity index (χ2v) is 5.13. The van der Waals surface area contributed by atoms with Crippen molar-refractivity contribution in [1.29, 1.82) is 0 Å². The van der Waals surface area contributed by atoms with Gasteiger partial charge in [0.2, 0.25) is 0 Å². The predicted octanol–water partition coefficient (Wildman–Crippen LogP) is 2.27. The van der Waals surface area contributed by atoms with Crippen LogP contribution in [0.15, 0.2) is 12.1 Å². The molecule has 1 heterocycles. The summed E-state index contributed by atoms with van der Waals surface area (Å²) in [6.07, 6.45) is -0.110. The Morgan fingerprint density at radius 1 is 1.42 bits per heavy atom. The number of carboxylic acids is 1. The molecule has 104 valence electrons. The first-order valence-corrected chi connectivity index (χ1v) is 6.34. The SMILES string of the molecule is Cc1cc(C(=O)NC(CC(=O)O)C(C)C)cc(Cl)n1. The molecule has 1 atom stereocenters. The van der Waals surface area contributed by atoms with Crippen LogP contribution in [-0.4, -0.2) is 28.0 Å². The smallest absolute Gasteiger partial charge is 0.305 e. The maximum Gasteiger partial charge on any atom is 0.305 e. The van der Waals surface area contributed by atoms with Crippen molar-refractivity contribution in [2.75, 3.05) is 0 Å². The van der Waals surface area contributed by atoms with Crippen LogP contribution in [0.5, 0.6) is 0 Å². The van der Waals surface area contributed by atoms with Gasteiger partial charge in [0.25, 0.3) is 5.91 Å². The molecule has 1 unspecified atom stereocenters. The lowest BCUT2D eigenvalue weighted by molar-refractivity contribution is -0.137. The third kappa shape index (κ3) is 4.87. The second-order valence-electron chi connectivity index (χ2n) is 4.74. The number of pyridine rings is 1. The summed E-state index contributed by atoms with van der Waals surface area (Å²) in [6.45, 7) is 5.46. The van der Waals surface area contributed by atoms with Crippen molar-refractivity contribution < 1.29 is 14.7 Å². The van der Waals surface area contributed by atoms with E-state index in [0.717, 1.165) is 0 Å². The van der Waals surface area contributed by atoms with Crippen LogP contribution in [0.3, 0.4) is 0 Å². The lowest BCUT2D eigenvalue weighted by atomic mass is 10.0. The zero-order valence-electron chi connectivity index (χ0n) is 11.1. The van der Waals surface area contributed by atoms with E-state index in [2.05, 4.69) is 10.3 Å². The minimum absolute atomic E-state index is 0.0263. The fraction of sp³-hybridized carbons (Fsp3) is 0.462. The number of carbonyl (C=O) groups is 2. The van der Waals surface area contributed by atoms with E-state index >= 15 is 0 Å². The normalized spacial score (nSPS) is 12.3. The Labute approximate surface area is 117 Å². The lowest BCUT2D eigenvalue weighted by Crippen LogP contribution is -2.40. The summed E-state index contributed by atoms with van der Waals surface area (Å²) < 4.78 is 0. The Kier molecular flexibility index (Phi) is 5.30. The van der Waals surface area contributed by atoms with Gasteiger partial charge in [0.1, 0.15) is 5.15 Å². The molecule has 1 aromatic rings. The number of hydrogen-bond donors (Lipinski definition) is 2. The van der Waals surface area contributed by atoms with E-state index in [1.807, 2.05) is 13.8 Å². The Hall–Kier alpha value is -1.62. The quantitative estimate of drug-likeness (QED) is 0.813. The van der Waals surface area contributed by atoms with Gasteiger partial charge in [-0.25, -0.2) is 4.98 Å². The third-order valence-corrected chi connectivity index (χ3v) is 2.89. The van der Waals surface area contributed by atoms with E-state index in [1.165, 1.54) is 6.07 Å². The van der Waals surface area contributed by atoms with E-state index in [-0.39, 0.29) is 23.4 Å². The van der Waals surface area contributed by atoms with E-state index in [9.17, 15) is 9.59 Å². The molecule has 0 aliphatic rings. The fourth-order valence-corrected chi connectivity index (χ4v) is 1.90. The largest absolute Gasteiger partial charge is 0.481 e. The zero-order chi connectivity index (χ0) is 14.6. The molecule has 0 bridgehead atoms. The number of halogens is 1. The Morgan fingerprint density at radius 3 is 2.53 bits per heavy atom. The van der Waals surface area contributed by atoms with Gasteiger partial charge < -0.3 is 10.4 Å². The third-order valence-electron chi connectivity index (χ3n) is 2.70. The molecule has 5 nitrogen and oxygen atoms in total. The van der Waals surface area contributed by atoms with Gasteiger partial charge in [0.15, 0.2) is 0 Å². The molecule has 0 fully saturated rings. The summed E-state index contributed by atoms with van der Waals surface area (Å²) in [5.74, 6) is -1.26. The second kappa shape index (κ2) is 6.52. The van der Waals surface area contributed by atoms with Crippen molar-refractivity contribution in [1.82, 2.24) is 10.3 Å². The molecule has 6 heteroatoms. The van der Waals surface area contributed by atoms with E-state index in [1.54, 1.807) is 13.0 Å². The average molecular weight is 285 g/mol. The number of nitrogens with one attached hydrogen (secondary N) is 1. The minimum atomic E-state index is -0.942. The molecule has 0 saturated carbocycles. The predicted molar refractivity (Wildman–Crippen MR) is 72.3 cm³/mol. The van der Waals surface area contributed by atoms with Gasteiger partial charge in [-0.1, -0.05) is 25.4 Å². The summed E-state index contributed by atoms with van der Waals surface area (Å²) in [5.41, 5.74) is 1.02. The summed E-state index contributed by atoms with van der Waals surface area (Å²) in [4.78, 5) is 26.8. The Balaban J connectivity index is 2.84. The minimum Gasteiger partial charge on any atom is -0.481 e. The molecule has 1 rings (SSSR count). The highest BCUT2D eigenvalue weighted by Gasteiger charge is 2.20. The molecule has 0 saturated heterocycles. The maximum atomic E-state index is 12.1. The molecular weight excluding hydrogens is 268 g/mol. The first kappa shape index (κ1) is 15.4. The summed E-state index contributed by atoms with van der Waals surface area (Å²) >= 11 is 5.79. The fourth-order valence-electron chi connectivity index (χ4n) is 1.65. The van der Waals surface area contributed by atoms with Crippen LogP contribution < -0.4 is 5.32 Å². The molecule has 1 aromatic heterocycles. The van der Waals surface area contributed by atoms with Crippen LogP contribution in [0, 0.1) is 12.8 Å². The molecule has 0 aromatic carbocycles. The number of nitrogens with zero attached hydrogens (tertiary/aromatic N) is 1. The molecule has 0 aliphatic carbocycles. The van der Waals surface area contributed by atoms with E-state index in [0.29, 0.717) is 11.3 Å². The van der Waals surface area contributed by atoms with E-state index in [4.69, 9.17) is 16.7 Å². The van der Waals surface area contributed by atoms with Crippen LogP contribution in [-0.2, 0) is 4.79 Å². The Morgan fingerprint density at radius 2 is 2.05 bits per heavy atom. The number of carbonyl (C=O) groups excluding carboxylic acids is 1. The Bertz CT molecular complexity index is 469. The van der Waals surface area contributed by atoms with Crippen LogP contribution in [0.1, 0.15) is 36.3 Å². The maximum absolute atomic E-state index is 12.1. The van der Waals surface area contributed by atoms with Crippen molar-refractivity contribution >= 4 is 23.5 Å². The number of aromatic nitrogens is 1. The molecule has 1 amide bonds. The van der Waals surface area contributed by atoms with Crippen LogP contribution in [0.4, 0.5) is 0 Å². The lowest BCUT2D eigenvalue weighted by Gasteiger charge is -2.20. The molecule has 0 spiro atoms. The molecular formula is C13H17ClN2O3. The molecule has 19 heavy (non-hydrogen) atoms. The van der Waals surface area contributed by atoms with Gasteiger partial charge in [-0.2, -0.15) is 0 Å². The highest BCUT2D eigenvalue weighted by Crippen LogP contribution is 2.12. The van der Waals surface area contributed by atoms with Gasteiger partial charge in [-0.05, 0) is 25.0 Å². The van der Waals surface area contributed by atoms with Crippen molar-refractivity contribution in [3.63, 3.8) is 0 Å². The van der Waals surface area contributed by atoms with Crippen molar-refractivity contribution in [2.45, 2.75) is 33.2 Å². The topological polar surface area (TPSA) is 79.3 Å². The number of aryl methyl sites for hydroxylation is 1. The number of carboxylic acid groups (broad SMARTS) is 1. The summed E-state index contributed by atoms with van der Waals surface area (Å²) in [5, 5.41) is 11.8. The van der Waals surface area contributed by atoms with Crippen LogP contribution in [0.25, 0.3) is 0 Å². The molecule has 2 N–H and O–H groups in total. The van der Waals surface area contributed by atoms with Crippen molar-refractivity contribution in [2.24, 2.45) is 5.92 Å². The van der Waals surface area contributed by atoms with Gasteiger partial charge in [0, 0.05) is 17.3 Å². The van der Waals surface area contributed by atoms with Gasteiger partial charge in [0.05, 0.1) is 6.42 Å². The van der Waals surface area contributed by atoms with Crippen LogP contribution >= 0.6 is 11.6 Å². The average Bonchev–Trinajstić information content (AvgIpc) is 2.25. The van der Waals surface area contributed by atoms with Gasteiger partial charge in [-0.3, -0.25) is 9.59 Å². The first-order valence-electron chi connectivity index (χ1n) is 5.96. The highest BCUT2D eigenvalue weighted by molar-refractivity contribution is 6.29. The number of rotatable bonds is 5. The van der Waals surface area contributed by atoms with Gasteiger partial charge in [-0.15, -0.1) is 0 Å². The zero-order valence-corrected chi connectivity index (χ0v) is 11.9. The first-order chi connectivity index (χ1) is 8.79. The van der Waals surface area contributed by atoms with E-state index < -0.39 is 12.0 Å². The summed E-state index contributed by atoms with van der Waals surface area (Å²) in [6, 6.07) is 2.65. The molecule has 0 aliphatic heterocycles. The van der Waals surface area contributed by atoms with Crippen molar-refractivity contribution in [3.05, 3.63) is 28.5 Å². The van der Waals surface area contributed by atoms with Crippen LogP contribution in [0.2, 0.25) is 5.15 Å². The van der Waals surface area contributed by atoms with Crippen molar-refractivity contribution in [3.8, 4) is 0 Å². The standard InChI is InChI=1S/C13H17ClN2O3/c1-7(2)10(6-12(17)18)16-13(19)9-4-8(3)15-11(14)5-9/h4-5,7,10H,6H2,1-3H3,(H,16,19)(H,17,18). The monoisotopic (exact) mass is 284 g/mol. The number of hydrogen-bond acceptors (Lipinski definition) is 3. The number of amides is 1. The van der Waals surface area contributed by atoms with Gasteiger partial charge >= 0.3 is 5.97 Å². The molecule has 0 radical (unpaired) electrons.